The molecule has 1 unspecified atom stereocenters. The van der Waals surface area contributed by atoms with Gasteiger partial charge in [-0.3, -0.25) is 0 Å². The number of alkyl halides is 1. The molecule has 0 bridgehead atoms. The van der Waals surface area contributed by atoms with Gasteiger partial charge < -0.3 is 9.47 Å². The molecule has 0 N–H and O–H groups in total. The molecule has 0 saturated carbocycles. The minimum absolute atomic E-state index is 0.0863. The van der Waals surface area contributed by atoms with Crippen molar-refractivity contribution in [3.05, 3.63) is 53.7 Å². The van der Waals surface area contributed by atoms with Crippen molar-refractivity contribution in [2.75, 3.05) is 6.61 Å². The Morgan fingerprint density at radius 1 is 1.20 bits per heavy atom. The number of ether oxygens (including phenoxy) is 2. The Balaban J connectivity index is 0.000000704. The molecule has 1 atom stereocenters. The quantitative estimate of drug-likeness (QED) is 0.756. The number of rotatable bonds is 2. The number of aromatic nitrogens is 1. The maximum Gasteiger partial charge on any atom is 0.257 e. The zero-order valence-electron chi connectivity index (χ0n) is 11.7. The number of fused-ring (bicyclic) bond motifs is 1. The van der Waals surface area contributed by atoms with Crippen LogP contribution in [0.5, 0.6) is 11.6 Å². The summed E-state index contributed by atoms with van der Waals surface area (Å²) < 4.78 is 11.5. The summed E-state index contributed by atoms with van der Waals surface area (Å²) >= 11 is 3.43. The summed E-state index contributed by atoms with van der Waals surface area (Å²) in [6, 6.07) is 12.0. The van der Waals surface area contributed by atoms with Crippen molar-refractivity contribution in [3.63, 3.8) is 0 Å². The summed E-state index contributed by atoms with van der Waals surface area (Å²) in [6.45, 7) is 4.52. The molecule has 106 valence electrons. The Kier molecular flexibility index (Phi) is 5.41. The maximum atomic E-state index is 5.84. The van der Waals surface area contributed by atoms with Crippen molar-refractivity contribution in [2.45, 2.75) is 25.3 Å². The Hall–Kier alpha value is -1.55. The van der Waals surface area contributed by atoms with E-state index in [1.54, 1.807) is 6.20 Å². The third-order valence-electron chi connectivity index (χ3n) is 2.89. The van der Waals surface area contributed by atoms with Gasteiger partial charge in [-0.05, 0) is 23.3 Å². The Labute approximate surface area is 128 Å². The van der Waals surface area contributed by atoms with Crippen LogP contribution in [-0.4, -0.2) is 11.6 Å². The van der Waals surface area contributed by atoms with E-state index in [4.69, 9.17) is 9.47 Å². The molecule has 20 heavy (non-hydrogen) atoms. The van der Waals surface area contributed by atoms with Crippen LogP contribution >= 0.6 is 15.9 Å². The first-order valence-electron chi connectivity index (χ1n) is 6.76. The van der Waals surface area contributed by atoms with Crippen molar-refractivity contribution in [1.82, 2.24) is 4.98 Å². The van der Waals surface area contributed by atoms with Crippen molar-refractivity contribution in [2.24, 2.45) is 0 Å². The van der Waals surface area contributed by atoms with E-state index in [9.17, 15) is 0 Å². The van der Waals surface area contributed by atoms with Crippen LogP contribution in [0.1, 0.15) is 31.1 Å². The van der Waals surface area contributed by atoms with Gasteiger partial charge in [-0.25, -0.2) is 4.98 Å². The molecule has 4 heteroatoms. The number of hydrogen-bond acceptors (Lipinski definition) is 3. The normalized spacial score (nSPS) is 16.1. The third kappa shape index (κ3) is 3.31. The van der Waals surface area contributed by atoms with Gasteiger partial charge in [-0.15, -0.1) is 0 Å². The van der Waals surface area contributed by atoms with Crippen molar-refractivity contribution >= 4 is 15.9 Å². The van der Waals surface area contributed by atoms with E-state index in [1.165, 1.54) is 5.56 Å². The van der Waals surface area contributed by atoms with Gasteiger partial charge in [0.05, 0.1) is 0 Å². The molecule has 1 aliphatic rings. The number of nitrogens with zero attached hydrogens (tertiary/aromatic N) is 1. The van der Waals surface area contributed by atoms with Crippen molar-refractivity contribution < 1.29 is 9.47 Å². The molecule has 1 aromatic carbocycles. The maximum absolute atomic E-state index is 5.84. The first kappa shape index (κ1) is 14.9. The lowest BCUT2D eigenvalue weighted by Crippen LogP contribution is -2.22. The van der Waals surface area contributed by atoms with Crippen LogP contribution in [0.15, 0.2) is 42.6 Å². The summed E-state index contributed by atoms with van der Waals surface area (Å²) in [5.41, 5.74) is 2.35. The van der Waals surface area contributed by atoms with Gasteiger partial charge in [-0.1, -0.05) is 54.0 Å². The van der Waals surface area contributed by atoms with Gasteiger partial charge >= 0.3 is 0 Å². The zero-order valence-corrected chi connectivity index (χ0v) is 13.3. The number of benzene rings is 1. The van der Waals surface area contributed by atoms with Gasteiger partial charge in [0.2, 0.25) is 0 Å². The molecule has 3 rings (SSSR count). The van der Waals surface area contributed by atoms with E-state index in [0.29, 0.717) is 18.2 Å². The second-order valence-corrected chi connectivity index (χ2v) is 4.66. The average Bonchev–Trinajstić information content (AvgIpc) is 2.56. The number of hydrogen-bond donors (Lipinski definition) is 0. The first-order chi connectivity index (χ1) is 9.86. The molecule has 0 fully saturated rings. The third-order valence-corrected chi connectivity index (χ3v) is 3.53. The van der Waals surface area contributed by atoms with E-state index in [2.05, 4.69) is 45.2 Å². The van der Waals surface area contributed by atoms with E-state index in [1.807, 2.05) is 26.0 Å². The minimum atomic E-state index is -0.0863. The lowest BCUT2D eigenvalue weighted by molar-refractivity contribution is 0.0851. The highest BCUT2D eigenvalue weighted by Gasteiger charge is 2.23. The smallest absolute Gasteiger partial charge is 0.257 e. The summed E-state index contributed by atoms with van der Waals surface area (Å²) in [7, 11) is 0. The van der Waals surface area contributed by atoms with E-state index in [-0.39, 0.29) is 6.10 Å². The second kappa shape index (κ2) is 7.29. The van der Waals surface area contributed by atoms with Gasteiger partial charge in [0.25, 0.3) is 5.88 Å². The molecular weight excluding hydrogens is 318 g/mol. The monoisotopic (exact) mass is 335 g/mol. The van der Waals surface area contributed by atoms with Crippen molar-refractivity contribution in [1.29, 1.82) is 0 Å². The Morgan fingerprint density at radius 2 is 1.95 bits per heavy atom. The van der Waals surface area contributed by atoms with Crippen LogP contribution in [0.3, 0.4) is 0 Å². The predicted molar refractivity (Wildman–Crippen MR) is 83.5 cm³/mol. The van der Waals surface area contributed by atoms with E-state index >= 15 is 0 Å². The predicted octanol–water partition coefficient (Wildman–Crippen LogP) is 4.52. The summed E-state index contributed by atoms with van der Waals surface area (Å²) in [6.07, 6.45) is 1.62. The highest BCUT2D eigenvalue weighted by atomic mass is 79.9. The summed E-state index contributed by atoms with van der Waals surface area (Å²) in [5, 5.41) is 0.861. The van der Waals surface area contributed by atoms with E-state index in [0.717, 1.165) is 10.9 Å². The van der Waals surface area contributed by atoms with Gasteiger partial charge in [0, 0.05) is 11.5 Å². The van der Waals surface area contributed by atoms with E-state index < -0.39 is 0 Å². The molecule has 0 amide bonds. The zero-order chi connectivity index (χ0) is 14.4. The summed E-state index contributed by atoms with van der Waals surface area (Å²) in [5.74, 6) is 1.28. The van der Waals surface area contributed by atoms with Crippen LogP contribution < -0.4 is 9.47 Å². The van der Waals surface area contributed by atoms with Crippen LogP contribution in [0.4, 0.5) is 0 Å². The fourth-order valence-electron chi connectivity index (χ4n) is 1.89. The molecule has 3 nitrogen and oxygen atoms in total. The fraction of sp³-hybridized carbons (Fsp3) is 0.312. The molecule has 0 radical (unpaired) electrons. The fourth-order valence-corrected chi connectivity index (χ4v) is 2.27. The molecule has 2 aromatic rings. The molecule has 0 saturated heterocycles. The van der Waals surface area contributed by atoms with Crippen LogP contribution in [0.2, 0.25) is 0 Å². The van der Waals surface area contributed by atoms with Gasteiger partial charge in [0.15, 0.2) is 11.9 Å². The standard InChI is InChI=1S/C14H12BrNO2.C2H6/c15-8-10-3-5-11(6-4-10)13-9-17-12-2-1-7-16-14(12)18-13;1-2/h1-7,13H,8-9H2;1-2H3. The SMILES string of the molecule is BrCc1ccc(C2COc3cccnc3O2)cc1.CC. The first-order valence-corrected chi connectivity index (χ1v) is 7.88. The average molecular weight is 336 g/mol. The van der Waals surface area contributed by atoms with Crippen LogP contribution in [-0.2, 0) is 5.33 Å². The molecular formula is C16H18BrNO2. The summed E-state index contributed by atoms with van der Waals surface area (Å²) in [4.78, 5) is 4.17. The lowest BCUT2D eigenvalue weighted by Gasteiger charge is -2.25. The number of halogens is 1. The van der Waals surface area contributed by atoms with Gasteiger partial charge in [0.1, 0.15) is 6.61 Å². The lowest BCUT2D eigenvalue weighted by atomic mass is 10.1. The van der Waals surface area contributed by atoms with Gasteiger partial charge in [-0.2, -0.15) is 0 Å². The molecule has 2 heterocycles. The second-order valence-electron chi connectivity index (χ2n) is 4.10. The van der Waals surface area contributed by atoms with Crippen molar-refractivity contribution in [3.8, 4) is 11.6 Å². The highest BCUT2D eigenvalue weighted by molar-refractivity contribution is 9.08. The van der Waals surface area contributed by atoms with Crippen LogP contribution in [0.25, 0.3) is 0 Å². The highest BCUT2D eigenvalue weighted by Crippen LogP contribution is 2.33. The molecule has 0 aliphatic carbocycles. The molecule has 1 aliphatic heterocycles. The molecule has 1 aromatic heterocycles. The van der Waals surface area contributed by atoms with Crippen LogP contribution in [0, 0.1) is 0 Å². The Morgan fingerprint density at radius 3 is 2.65 bits per heavy atom. The largest absolute Gasteiger partial charge is 0.484 e. The number of pyridine rings is 1. The minimum Gasteiger partial charge on any atom is -0.484 e. The molecule has 0 spiro atoms. The topological polar surface area (TPSA) is 31.4 Å². The Bertz CT molecular complexity index is 542.